The van der Waals surface area contributed by atoms with E-state index in [1.165, 1.54) is 19.3 Å². The van der Waals surface area contributed by atoms with Crippen LogP contribution < -0.4 is 5.32 Å². The number of rotatable bonds is 4. The van der Waals surface area contributed by atoms with Crippen LogP contribution in [0.5, 0.6) is 0 Å². The molecule has 0 radical (unpaired) electrons. The van der Waals surface area contributed by atoms with Crippen LogP contribution in [0.1, 0.15) is 46.0 Å². The molecule has 1 heterocycles. The molecule has 2 rings (SSSR count). The van der Waals surface area contributed by atoms with Crippen molar-refractivity contribution in [3.8, 4) is 0 Å². The van der Waals surface area contributed by atoms with Gasteiger partial charge in [0.25, 0.3) is 0 Å². The van der Waals surface area contributed by atoms with Gasteiger partial charge in [0, 0.05) is 25.2 Å². The fourth-order valence-electron chi connectivity index (χ4n) is 3.79. The van der Waals surface area contributed by atoms with Crippen molar-refractivity contribution in [1.82, 2.24) is 15.1 Å². The van der Waals surface area contributed by atoms with Gasteiger partial charge in [-0.25, -0.2) is 0 Å². The Morgan fingerprint density at radius 3 is 2.43 bits per heavy atom. The quantitative estimate of drug-likeness (QED) is 0.861. The van der Waals surface area contributed by atoms with Crippen molar-refractivity contribution in [2.24, 2.45) is 11.8 Å². The normalized spacial score (nSPS) is 31.7. The third-order valence-corrected chi connectivity index (χ3v) is 5.46. The topological polar surface area (TPSA) is 35.6 Å². The lowest BCUT2D eigenvalue weighted by Crippen LogP contribution is -2.51. The third-order valence-electron chi connectivity index (χ3n) is 5.46. The van der Waals surface area contributed by atoms with Crippen molar-refractivity contribution in [3.05, 3.63) is 0 Å². The summed E-state index contributed by atoms with van der Waals surface area (Å²) in [5.41, 5.74) is 0. The second kappa shape index (κ2) is 7.59. The van der Waals surface area contributed by atoms with E-state index in [0.29, 0.717) is 18.6 Å². The van der Waals surface area contributed by atoms with E-state index in [1.54, 1.807) is 0 Å². The smallest absolute Gasteiger partial charge is 0.236 e. The fraction of sp³-hybridized carbons (Fsp3) is 0.941. The highest BCUT2D eigenvalue weighted by Gasteiger charge is 2.30. The number of carbonyl (C=O) groups excluding carboxylic acids is 1. The van der Waals surface area contributed by atoms with E-state index < -0.39 is 0 Å². The molecule has 1 saturated heterocycles. The molecule has 1 amide bonds. The van der Waals surface area contributed by atoms with Crippen molar-refractivity contribution in [3.63, 3.8) is 0 Å². The summed E-state index contributed by atoms with van der Waals surface area (Å²) >= 11 is 0. The number of hydrogen-bond acceptors (Lipinski definition) is 3. The van der Waals surface area contributed by atoms with Crippen LogP contribution in [0.4, 0.5) is 0 Å². The molecular weight excluding hydrogens is 262 g/mol. The summed E-state index contributed by atoms with van der Waals surface area (Å²) in [7, 11) is 3.91. The first-order chi connectivity index (χ1) is 9.97. The molecule has 0 aromatic rings. The molecule has 0 aromatic carbocycles. The Labute approximate surface area is 130 Å². The maximum Gasteiger partial charge on any atom is 0.236 e. The predicted octanol–water partition coefficient (Wildman–Crippen LogP) is 1.95. The zero-order chi connectivity index (χ0) is 15.4. The Kier molecular flexibility index (Phi) is 6.06. The minimum absolute atomic E-state index is 0.276. The number of nitrogens with zero attached hydrogens (tertiary/aromatic N) is 2. The largest absolute Gasteiger partial charge is 0.341 e. The average molecular weight is 295 g/mol. The molecule has 0 spiro atoms. The van der Waals surface area contributed by atoms with Crippen LogP contribution >= 0.6 is 0 Å². The number of likely N-dealkylation sites (tertiary alicyclic amines) is 1. The van der Waals surface area contributed by atoms with E-state index in [9.17, 15) is 4.79 Å². The molecule has 0 aromatic heterocycles. The Morgan fingerprint density at radius 1 is 1.14 bits per heavy atom. The molecule has 3 unspecified atom stereocenters. The molecule has 1 aliphatic carbocycles. The second-order valence-electron chi connectivity index (χ2n) is 7.43. The van der Waals surface area contributed by atoms with Gasteiger partial charge < -0.3 is 15.1 Å². The molecule has 122 valence electrons. The molecule has 1 N–H and O–H groups in total. The first kappa shape index (κ1) is 16.8. The molecule has 1 saturated carbocycles. The Hall–Kier alpha value is -0.610. The van der Waals surface area contributed by atoms with E-state index in [0.717, 1.165) is 37.8 Å². The monoisotopic (exact) mass is 295 g/mol. The summed E-state index contributed by atoms with van der Waals surface area (Å²) in [6.07, 6.45) is 6.29. The molecule has 21 heavy (non-hydrogen) atoms. The molecule has 1 aliphatic heterocycles. The summed E-state index contributed by atoms with van der Waals surface area (Å²) in [5, 5.41) is 3.89. The number of likely N-dealkylation sites (N-methyl/N-ethyl adjacent to an activating group) is 1. The van der Waals surface area contributed by atoms with E-state index in [-0.39, 0.29) is 5.91 Å². The van der Waals surface area contributed by atoms with E-state index in [2.05, 4.69) is 19.2 Å². The van der Waals surface area contributed by atoms with E-state index in [1.807, 2.05) is 23.9 Å². The first-order valence-corrected chi connectivity index (χ1v) is 8.66. The zero-order valence-corrected chi connectivity index (χ0v) is 14.3. The SMILES string of the molecule is CC1CCCC(NC2CCN(C(=O)CN(C)C)CC2)C1C. The van der Waals surface area contributed by atoms with Crippen molar-refractivity contribution >= 4 is 5.91 Å². The van der Waals surface area contributed by atoms with Gasteiger partial charge in [-0.05, 0) is 45.2 Å². The Morgan fingerprint density at radius 2 is 1.81 bits per heavy atom. The third kappa shape index (κ3) is 4.68. The van der Waals surface area contributed by atoms with Gasteiger partial charge >= 0.3 is 0 Å². The van der Waals surface area contributed by atoms with Gasteiger partial charge in [-0.3, -0.25) is 4.79 Å². The van der Waals surface area contributed by atoms with Crippen molar-refractivity contribution in [2.45, 2.75) is 58.0 Å². The maximum atomic E-state index is 12.1. The highest BCUT2D eigenvalue weighted by Crippen LogP contribution is 2.30. The lowest BCUT2D eigenvalue weighted by atomic mass is 9.77. The zero-order valence-electron chi connectivity index (χ0n) is 14.3. The Balaban J connectivity index is 1.75. The standard InChI is InChI=1S/C17H33N3O/c1-13-6-5-7-16(14(13)2)18-15-8-10-20(11-9-15)17(21)12-19(3)4/h13-16,18H,5-12H2,1-4H3. The molecule has 2 fully saturated rings. The molecule has 3 atom stereocenters. The number of amides is 1. The van der Waals surface area contributed by atoms with E-state index >= 15 is 0 Å². The van der Waals surface area contributed by atoms with Gasteiger partial charge in [-0.2, -0.15) is 0 Å². The van der Waals surface area contributed by atoms with Gasteiger partial charge in [0.15, 0.2) is 0 Å². The number of hydrogen-bond donors (Lipinski definition) is 1. The number of piperidine rings is 1. The van der Waals surface area contributed by atoms with E-state index in [4.69, 9.17) is 0 Å². The number of carbonyl (C=O) groups is 1. The second-order valence-corrected chi connectivity index (χ2v) is 7.43. The summed E-state index contributed by atoms with van der Waals surface area (Å²) in [6.45, 7) is 7.16. The van der Waals surface area contributed by atoms with Crippen LogP contribution in [0, 0.1) is 11.8 Å². The van der Waals surface area contributed by atoms with Crippen molar-refractivity contribution < 1.29 is 4.79 Å². The molecular formula is C17H33N3O. The van der Waals surface area contributed by atoms with Crippen molar-refractivity contribution in [1.29, 1.82) is 0 Å². The average Bonchev–Trinajstić information content (AvgIpc) is 2.44. The minimum Gasteiger partial charge on any atom is -0.341 e. The predicted molar refractivity (Wildman–Crippen MR) is 87.3 cm³/mol. The summed E-state index contributed by atoms with van der Waals surface area (Å²) < 4.78 is 0. The van der Waals surface area contributed by atoms with Gasteiger partial charge in [0.05, 0.1) is 6.54 Å². The molecule has 4 nitrogen and oxygen atoms in total. The maximum absolute atomic E-state index is 12.1. The van der Waals surface area contributed by atoms with Gasteiger partial charge in [0.1, 0.15) is 0 Å². The van der Waals surface area contributed by atoms with Crippen LogP contribution in [0.2, 0.25) is 0 Å². The molecule has 2 aliphatic rings. The van der Waals surface area contributed by atoms with Crippen LogP contribution in [0.3, 0.4) is 0 Å². The summed E-state index contributed by atoms with van der Waals surface area (Å²) in [4.78, 5) is 16.1. The molecule has 4 heteroatoms. The van der Waals surface area contributed by atoms with Crippen LogP contribution in [0.15, 0.2) is 0 Å². The van der Waals surface area contributed by atoms with Crippen molar-refractivity contribution in [2.75, 3.05) is 33.7 Å². The summed E-state index contributed by atoms with van der Waals surface area (Å²) in [6, 6.07) is 1.29. The first-order valence-electron chi connectivity index (χ1n) is 8.66. The lowest BCUT2D eigenvalue weighted by molar-refractivity contribution is -0.133. The summed E-state index contributed by atoms with van der Waals surface area (Å²) in [5.74, 6) is 1.91. The highest BCUT2D eigenvalue weighted by molar-refractivity contribution is 5.78. The minimum atomic E-state index is 0.276. The number of nitrogens with one attached hydrogen (secondary N) is 1. The lowest BCUT2D eigenvalue weighted by Gasteiger charge is -2.40. The van der Waals surface area contributed by atoms with Gasteiger partial charge in [-0.1, -0.05) is 26.7 Å². The van der Waals surface area contributed by atoms with Gasteiger partial charge in [0.2, 0.25) is 5.91 Å². The van der Waals surface area contributed by atoms with Crippen LogP contribution in [-0.4, -0.2) is 61.5 Å². The molecule has 0 bridgehead atoms. The highest BCUT2D eigenvalue weighted by atomic mass is 16.2. The fourth-order valence-corrected chi connectivity index (χ4v) is 3.79. The Bertz CT molecular complexity index is 337. The van der Waals surface area contributed by atoms with Crippen LogP contribution in [0.25, 0.3) is 0 Å². The van der Waals surface area contributed by atoms with Crippen LogP contribution in [-0.2, 0) is 4.79 Å². The van der Waals surface area contributed by atoms with Gasteiger partial charge in [-0.15, -0.1) is 0 Å².